The molecule has 0 saturated heterocycles. The summed E-state index contributed by atoms with van der Waals surface area (Å²) in [4.78, 5) is 21.1. The van der Waals surface area contributed by atoms with Crippen molar-refractivity contribution in [3.05, 3.63) is 40.2 Å². The number of primary amides is 1. The summed E-state index contributed by atoms with van der Waals surface area (Å²) in [6.45, 7) is 12.0. The van der Waals surface area contributed by atoms with Crippen LogP contribution in [-0.2, 0) is 18.0 Å². The van der Waals surface area contributed by atoms with Gasteiger partial charge in [-0.15, -0.1) is 0 Å². The van der Waals surface area contributed by atoms with E-state index in [2.05, 4.69) is 10.5 Å². The van der Waals surface area contributed by atoms with E-state index in [-0.39, 0.29) is 5.63 Å². The van der Waals surface area contributed by atoms with Gasteiger partial charge in [0, 0.05) is 43.4 Å². The number of carbonyl (C=O) groups excluding carboxylic acids is 1. The van der Waals surface area contributed by atoms with Gasteiger partial charge in [-0.3, -0.25) is 0 Å². The van der Waals surface area contributed by atoms with Gasteiger partial charge in [-0.05, 0) is 58.7 Å². The Bertz CT molecular complexity index is 869. The third-order valence-corrected chi connectivity index (χ3v) is 7.35. The van der Waals surface area contributed by atoms with E-state index < -0.39 is 14.9 Å². The van der Waals surface area contributed by atoms with Crippen molar-refractivity contribution in [2.75, 3.05) is 33.0 Å². The van der Waals surface area contributed by atoms with Gasteiger partial charge in [-0.2, -0.15) is 0 Å². The molecule has 1 aromatic heterocycles. The maximum absolute atomic E-state index is 11.5. The molecule has 0 atom stereocenters. The van der Waals surface area contributed by atoms with Crippen LogP contribution in [0.5, 0.6) is 5.75 Å². The van der Waals surface area contributed by atoms with E-state index in [1.54, 1.807) is 13.0 Å². The van der Waals surface area contributed by atoms with E-state index in [1.807, 2.05) is 39.8 Å². The molecule has 0 radical (unpaired) electrons. The largest absolute Gasteiger partial charge is 0.501 e. The molecule has 0 aliphatic carbocycles. The maximum atomic E-state index is 11.5. The van der Waals surface area contributed by atoms with Crippen molar-refractivity contribution in [3.8, 4) is 5.75 Å². The average Bonchev–Trinajstić information content (AvgIpc) is 2.72. The molecule has 0 saturated carbocycles. The lowest BCUT2D eigenvalue weighted by atomic mass is 10.1. The molecule has 0 unspecified atom stereocenters. The van der Waals surface area contributed by atoms with Crippen LogP contribution in [0, 0.1) is 6.92 Å². The quantitative estimate of drug-likeness (QED) is 0.281. The van der Waals surface area contributed by atoms with Crippen LogP contribution in [0.15, 0.2) is 33.5 Å². The molecule has 2 rings (SSSR count). The SMILES string of the molecule is CCOC(N)=O.CCO[Si](CCCOc1ccc2c(C)cc(=O)oc2c1)(OCC)OCC. The first-order valence-electron chi connectivity index (χ1n) is 10.8. The number of fused-ring (bicyclic) bond motifs is 1. The summed E-state index contributed by atoms with van der Waals surface area (Å²) in [6, 6.07) is 7.73. The van der Waals surface area contributed by atoms with Crippen LogP contribution < -0.4 is 16.1 Å². The number of carbonyl (C=O) groups is 1. The lowest BCUT2D eigenvalue weighted by Crippen LogP contribution is -2.46. The third kappa shape index (κ3) is 9.39. The van der Waals surface area contributed by atoms with Gasteiger partial charge in [0.2, 0.25) is 0 Å². The molecule has 2 N–H and O–H groups in total. The topological polar surface area (TPSA) is 119 Å². The van der Waals surface area contributed by atoms with E-state index in [0.717, 1.165) is 17.4 Å². The molecule has 1 heterocycles. The second-order valence-corrected chi connectivity index (χ2v) is 9.32. The normalized spacial score (nSPS) is 11.0. The highest BCUT2D eigenvalue weighted by molar-refractivity contribution is 6.60. The monoisotopic (exact) mass is 469 g/mol. The first kappa shape index (κ1) is 27.6. The molecule has 1 aromatic carbocycles. The molecule has 1 amide bonds. The Labute approximate surface area is 190 Å². The van der Waals surface area contributed by atoms with Gasteiger partial charge in [0.1, 0.15) is 11.3 Å². The zero-order valence-electron chi connectivity index (χ0n) is 19.6. The van der Waals surface area contributed by atoms with Crippen LogP contribution in [0.4, 0.5) is 4.79 Å². The van der Waals surface area contributed by atoms with Crippen molar-refractivity contribution < 1.29 is 32.0 Å². The molecule has 32 heavy (non-hydrogen) atoms. The number of ether oxygens (including phenoxy) is 2. The Kier molecular flexibility index (Phi) is 12.6. The minimum atomic E-state index is -2.63. The van der Waals surface area contributed by atoms with E-state index >= 15 is 0 Å². The van der Waals surface area contributed by atoms with E-state index in [0.29, 0.717) is 50.4 Å². The van der Waals surface area contributed by atoms with Crippen LogP contribution in [0.3, 0.4) is 0 Å². The Balaban J connectivity index is 0.000000751. The Morgan fingerprint density at radius 3 is 2.12 bits per heavy atom. The molecule has 9 nitrogen and oxygen atoms in total. The maximum Gasteiger partial charge on any atom is 0.501 e. The molecule has 0 aliphatic heterocycles. The minimum Gasteiger partial charge on any atom is -0.493 e. The predicted molar refractivity (Wildman–Crippen MR) is 124 cm³/mol. The van der Waals surface area contributed by atoms with Crippen molar-refractivity contribution in [3.63, 3.8) is 0 Å². The zero-order chi connectivity index (χ0) is 24.0. The second kappa shape index (κ2) is 14.6. The molecular formula is C22H35NO8Si. The zero-order valence-corrected chi connectivity index (χ0v) is 20.6. The fourth-order valence-corrected chi connectivity index (χ4v) is 5.60. The molecule has 10 heteroatoms. The lowest BCUT2D eigenvalue weighted by Gasteiger charge is -2.28. The summed E-state index contributed by atoms with van der Waals surface area (Å²) in [5, 5.41) is 0.910. The third-order valence-electron chi connectivity index (χ3n) is 4.20. The highest BCUT2D eigenvalue weighted by atomic mass is 28.4. The number of nitrogens with two attached hydrogens (primary N) is 1. The number of aryl methyl sites for hydroxylation is 1. The average molecular weight is 470 g/mol. The van der Waals surface area contributed by atoms with Crippen LogP contribution in [0.2, 0.25) is 6.04 Å². The summed E-state index contributed by atoms with van der Waals surface area (Å²) in [5.74, 6) is 0.669. The predicted octanol–water partition coefficient (Wildman–Crippen LogP) is 4.02. The summed E-state index contributed by atoms with van der Waals surface area (Å²) >= 11 is 0. The Morgan fingerprint density at radius 2 is 1.62 bits per heavy atom. The van der Waals surface area contributed by atoms with Gasteiger partial charge >= 0.3 is 20.5 Å². The van der Waals surface area contributed by atoms with Crippen molar-refractivity contribution in [2.45, 2.75) is 47.1 Å². The van der Waals surface area contributed by atoms with Crippen LogP contribution in [0.25, 0.3) is 11.0 Å². The van der Waals surface area contributed by atoms with Crippen molar-refractivity contribution in [2.24, 2.45) is 5.73 Å². The number of hydrogen-bond donors (Lipinski definition) is 1. The molecule has 0 spiro atoms. The van der Waals surface area contributed by atoms with E-state index in [9.17, 15) is 9.59 Å². The molecular weight excluding hydrogens is 434 g/mol. The first-order valence-corrected chi connectivity index (χ1v) is 12.7. The highest BCUT2D eigenvalue weighted by Crippen LogP contribution is 2.23. The Morgan fingerprint density at radius 1 is 1.00 bits per heavy atom. The van der Waals surface area contributed by atoms with Crippen LogP contribution >= 0.6 is 0 Å². The molecule has 2 aromatic rings. The smallest absolute Gasteiger partial charge is 0.493 e. The number of hydrogen-bond acceptors (Lipinski definition) is 8. The highest BCUT2D eigenvalue weighted by Gasteiger charge is 2.39. The Hall–Kier alpha value is -2.40. The second-order valence-electron chi connectivity index (χ2n) is 6.59. The fraction of sp³-hybridized carbons (Fsp3) is 0.545. The minimum absolute atomic E-state index is 0.354. The van der Waals surface area contributed by atoms with Gasteiger partial charge in [-0.25, -0.2) is 9.59 Å². The number of amides is 1. The van der Waals surface area contributed by atoms with Crippen molar-refractivity contribution in [1.29, 1.82) is 0 Å². The molecule has 180 valence electrons. The molecule has 0 aliphatic rings. The van der Waals surface area contributed by atoms with Gasteiger partial charge in [0.15, 0.2) is 0 Å². The number of benzene rings is 1. The summed E-state index contributed by atoms with van der Waals surface area (Å²) < 4.78 is 32.8. The fourth-order valence-electron chi connectivity index (χ4n) is 3.02. The standard InChI is InChI=1S/C19H28O6Si.C3H7NO2/c1-5-22-26(23-6-2,24-7-3)12-8-11-21-16-9-10-17-15(4)13-19(20)25-18(17)14-16;1-2-6-3(4)5/h9-10,13-14H,5-8,11-12H2,1-4H3;2H2,1H3,(H2,4,5). The number of rotatable bonds is 12. The van der Waals surface area contributed by atoms with Gasteiger partial charge in [-0.1, -0.05) is 0 Å². The van der Waals surface area contributed by atoms with Gasteiger partial charge in [0.05, 0.1) is 13.2 Å². The summed E-state index contributed by atoms with van der Waals surface area (Å²) in [6.07, 6.45) is 0.0414. The lowest BCUT2D eigenvalue weighted by molar-refractivity contribution is 0.0696. The van der Waals surface area contributed by atoms with E-state index in [1.165, 1.54) is 6.07 Å². The molecule has 0 bridgehead atoms. The van der Waals surface area contributed by atoms with Crippen molar-refractivity contribution in [1.82, 2.24) is 0 Å². The van der Waals surface area contributed by atoms with Gasteiger partial charge in [0.25, 0.3) is 0 Å². The van der Waals surface area contributed by atoms with E-state index in [4.69, 9.17) is 22.4 Å². The first-order chi connectivity index (χ1) is 15.3. The molecule has 0 fully saturated rings. The van der Waals surface area contributed by atoms with Gasteiger partial charge < -0.3 is 32.9 Å². The van der Waals surface area contributed by atoms with Crippen molar-refractivity contribution >= 4 is 25.9 Å². The van der Waals surface area contributed by atoms with Crippen LogP contribution in [0.1, 0.15) is 39.7 Å². The summed E-state index contributed by atoms with van der Waals surface area (Å²) in [5.41, 5.74) is 5.62. The summed E-state index contributed by atoms with van der Waals surface area (Å²) in [7, 11) is -2.63. The van der Waals surface area contributed by atoms with Crippen LogP contribution in [-0.4, -0.2) is 47.9 Å².